The minimum atomic E-state index is -0.257. The third-order valence-electron chi connectivity index (χ3n) is 1.72. The Labute approximate surface area is 69.9 Å². The summed E-state index contributed by atoms with van der Waals surface area (Å²) in [7, 11) is 0. The quantitative estimate of drug-likeness (QED) is 0.629. The van der Waals surface area contributed by atoms with Crippen LogP contribution in [0.25, 0.3) is 0 Å². The number of epoxide rings is 1. The smallest absolute Gasteiger partial charge is 0.226 e. The van der Waals surface area contributed by atoms with Crippen molar-refractivity contribution >= 4 is 0 Å². The monoisotopic (exact) mass is 168 g/mol. The molecule has 0 radical (unpaired) electrons. The summed E-state index contributed by atoms with van der Waals surface area (Å²) in [5.74, 6) is 0.387. The van der Waals surface area contributed by atoms with E-state index in [0.717, 1.165) is 0 Å². The van der Waals surface area contributed by atoms with Gasteiger partial charge in [-0.25, -0.2) is 4.39 Å². The van der Waals surface area contributed by atoms with Crippen LogP contribution in [0.3, 0.4) is 0 Å². The third kappa shape index (κ3) is 1.56. The van der Waals surface area contributed by atoms with Crippen LogP contribution in [0.4, 0.5) is 4.39 Å². The lowest BCUT2D eigenvalue weighted by Crippen LogP contribution is -2.00. The van der Waals surface area contributed by atoms with Gasteiger partial charge < -0.3 is 9.47 Å². The highest BCUT2D eigenvalue weighted by Gasteiger charge is 2.36. The molecule has 0 spiro atoms. The average Bonchev–Trinajstić information content (AvgIpc) is 2.72. The number of ether oxygens (including phenoxy) is 2. The maximum absolute atomic E-state index is 12.4. The van der Waals surface area contributed by atoms with E-state index in [2.05, 4.69) is 0 Å². The molecule has 2 nitrogen and oxygen atoms in total. The predicted molar refractivity (Wildman–Crippen MR) is 41.4 cm³/mol. The molecule has 0 amide bonds. The number of hydrogen-bond acceptors (Lipinski definition) is 2. The first kappa shape index (κ1) is 7.55. The van der Waals surface area contributed by atoms with Gasteiger partial charge in [0, 0.05) is 0 Å². The van der Waals surface area contributed by atoms with Gasteiger partial charge in [0.15, 0.2) is 0 Å². The van der Waals surface area contributed by atoms with Gasteiger partial charge >= 0.3 is 0 Å². The summed E-state index contributed by atoms with van der Waals surface area (Å²) in [6.45, 7) is 1.92. The highest BCUT2D eigenvalue weighted by molar-refractivity contribution is 5.22. The van der Waals surface area contributed by atoms with Crippen molar-refractivity contribution in [2.75, 3.05) is 0 Å². The first-order chi connectivity index (χ1) is 5.75. The summed E-state index contributed by atoms with van der Waals surface area (Å²) in [4.78, 5) is 0. The number of rotatable bonds is 2. The van der Waals surface area contributed by atoms with Crippen molar-refractivity contribution < 1.29 is 13.9 Å². The second-order valence-electron chi connectivity index (χ2n) is 2.78. The van der Waals surface area contributed by atoms with Crippen LogP contribution in [0.5, 0.6) is 5.75 Å². The number of benzene rings is 1. The van der Waals surface area contributed by atoms with Gasteiger partial charge in [0.25, 0.3) is 0 Å². The highest BCUT2D eigenvalue weighted by atomic mass is 19.1. The zero-order valence-electron chi connectivity index (χ0n) is 6.66. The number of halogens is 1. The second-order valence-corrected chi connectivity index (χ2v) is 2.78. The molecule has 1 aromatic rings. The van der Waals surface area contributed by atoms with Crippen molar-refractivity contribution in [3.63, 3.8) is 0 Å². The normalized spacial score (nSPS) is 26.8. The van der Waals surface area contributed by atoms with Crippen LogP contribution >= 0.6 is 0 Å². The molecule has 0 aliphatic carbocycles. The standard InChI is InChI=1S/C9H9FO2/c1-6-9(11-6)12-8-4-2-7(10)3-5-8/h2-6,9H,1H3. The van der Waals surface area contributed by atoms with Crippen LogP contribution in [0.2, 0.25) is 0 Å². The predicted octanol–water partition coefficient (Wildman–Crippen LogP) is 1.95. The minimum Gasteiger partial charge on any atom is -0.462 e. The molecule has 2 unspecified atom stereocenters. The molecule has 1 aromatic carbocycles. The van der Waals surface area contributed by atoms with E-state index in [-0.39, 0.29) is 18.2 Å². The van der Waals surface area contributed by atoms with Crippen molar-refractivity contribution in [1.29, 1.82) is 0 Å². The van der Waals surface area contributed by atoms with Crippen molar-refractivity contribution in [2.45, 2.75) is 19.3 Å². The van der Waals surface area contributed by atoms with Crippen LogP contribution in [-0.2, 0) is 4.74 Å². The Bertz CT molecular complexity index is 270. The molecule has 3 heteroatoms. The Morgan fingerprint density at radius 3 is 2.42 bits per heavy atom. The van der Waals surface area contributed by atoms with Gasteiger partial charge in [-0.2, -0.15) is 0 Å². The molecule has 2 atom stereocenters. The lowest BCUT2D eigenvalue weighted by atomic mass is 10.3. The summed E-state index contributed by atoms with van der Waals surface area (Å²) < 4.78 is 22.8. The summed E-state index contributed by atoms with van der Waals surface area (Å²) >= 11 is 0. The summed E-state index contributed by atoms with van der Waals surface area (Å²) in [5, 5.41) is 0. The lowest BCUT2D eigenvalue weighted by molar-refractivity contribution is 0.178. The summed E-state index contributed by atoms with van der Waals surface area (Å²) in [5.41, 5.74) is 0. The van der Waals surface area contributed by atoms with Crippen molar-refractivity contribution in [3.05, 3.63) is 30.1 Å². The molecule has 1 aliphatic heterocycles. The summed E-state index contributed by atoms with van der Waals surface area (Å²) in [6, 6.07) is 5.90. The molecule has 1 saturated heterocycles. The third-order valence-corrected chi connectivity index (χ3v) is 1.72. The fraction of sp³-hybridized carbons (Fsp3) is 0.333. The molecule has 1 aliphatic rings. The summed E-state index contributed by atoms with van der Waals surface area (Å²) in [6.07, 6.45) is 0.0190. The van der Waals surface area contributed by atoms with Crippen molar-refractivity contribution in [1.82, 2.24) is 0 Å². The van der Waals surface area contributed by atoms with E-state index in [9.17, 15) is 4.39 Å². The van der Waals surface area contributed by atoms with E-state index < -0.39 is 0 Å². The van der Waals surface area contributed by atoms with E-state index in [1.165, 1.54) is 12.1 Å². The van der Waals surface area contributed by atoms with Gasteiger partial charge in [-0.3, -0.25) is 0 Å². The molecule has 1 heterocycles. The minimum absolute atomic E-state index is 0.143. The van der Waals surface area contributed by atoms with Crippen LogP contribution in [0.15, 0.2) is 24.3 Å². The molecular formula is C9H9FO2. The maximum atomic E-state index is 12.4. The van der Waals surface area contributed by atoms with E-state index in [1.807, 2.05) is 6.92 Å². The molecule has 0 saturated carbocycles. The van der Waals surface area contributed by atoms with Gasteiger partial charge in [-0.15, -0.1) is 0 Å². The topological polar surface area (TPSA) is 21.8 Å². The van der Waals surface area contributed by atoms with Gasteiger partial charge in [-0.05, 0) is 31.2 Å². The second kappa shape index (κ2) is 2.75. The highest BCUT2D eigenvalue weighted by Crippen LogP contribution is 2.25. The molecule has 0 aromatic heterocycles. The van der Waals surface area contributed by atoms with E-state index in [1.54, 1.807) is 12.1 Å². The first-order valence-corrected chi connectivity index (χ1v) is 3.83. The lowest BCUT2D eigenvalue weighted by Gasteiger charge is -2.00. The van der Waals surface area contributed by atoms with E-state index in [0.29, 0.717) is 5.75 Å². The number of hydrogen-bond donors (Lipinski definition) is 0. The SMILES string of the molecule is CC1OC1Oc1ccc(F)cc1. The van der Waals surface area contributed by atoms with Crippen molar-refractivity contribution in [2.24, 2.45) is 0 Å². The first-order valence-electron chi connectivity index (χ1n) is 3.83. The van der Waals surface area contributed by atoms with Crippen LogP contribution < -0.4 is 4.74 Å². The molecular weight excluding hydrogens is 159 g/mol. The van der Waals surface area contributed by atoms with Gasteiger partial charge in [0.1, 0.15) is 17.7 Å². The zero-order chi connectivity index (χ0) is 8.55. The molecule has 12 heavy (non-hydrogen) atoms. The molecule has 1 fully saturated rings. The fourth-order valence-corrected chi connectivity index (χ4v) is 0.937. The Hall–Kier alpha value is -1.09. The van der Waals surface area contributed by atoms with Gasteiger partial charge in [0.2, 0.25) is 6.29 Å². The van der Waals surface area contributed by atoms with E-state index in [4.69, 9.17) is 9.47 Å². The Morgan fingerprint density at radius 1 is 1.33 bits per heavy atom. The van der Waals surface area contributed by atoms with Crippen LogP contribution in [0, 0.1) is 5.82 Å². The molecule has 64 valence electrons. The maximum Gasteiger partial charge on any atom is 0.226 e. The molecule has 0 N–H and O–H groups in total. The van der Waals surface area contributed by atoms with Crippen LogP contribution in [0.1, 0.15) is 6.92 Å². The molecule has 2 rings (SSSR count). The van der Waals surface area contributed by atoms with Crippen molar-refractivity contribution in [3.8, 4) is 5.75 Å². The Kier molecular flexibility index (Phi) is 1.73. The van der Waals surface area contributed by atoms with E-state index >= 15 is 0 Å². The average molecular weight is 168 g/mol. The Balaban J connectivity index is 2.00. The molecule has 0 bridgehead atoms. The fourth-order valence-electron chi connectivity index (χ4n) is 0.937. The van der Waals surface area contributed by atoms with Gasteiger partial charge in [-0.1, -0.05) is 0 Å². The van der Waals surface area contributed by atoms with Gasteiger partial charge in [0.05, 0.1) is 0 Å². The van der Waals surface area contributed by atoms with Crippen LogP contribution in [-0.4, -0.2) is 12.4 Å². The zero-order valence-corrected chi connectivity index (χ0v) is 6.66. The largest absolute Gasteiger partial charge is 0.462 e. The Morgan fingerprint density at radius 2 is 1.92 bits per heavy atom.